The second kappa shape index (κ2) is 7.09. The molecule has 1 N–H and O–H groups in total. The summed E-state index contributed by atoms with van der Waals surface area (Å²) in [4.78, 5) is 27.4. The molecule has 2 aliphatic rings. The van der Waals surface area contributed by atoms with Crippen LogP contribution in [0.4, 0.5) is 5.69 Å². The predicted octanol–water partition coefficient (Wildman–Crippen LogP) is 3.73. The lowest BCUT2D eigenvalue weighted by Gasteiger charge is -2.19. The Morgan fingerprint density at radius 2 is 2.04 bits per heavy atom. The maximum absolute atomic E-state index is 12.9. The molecule has 2 aromatic carbocycles. The minimum atomic E-state index is -0.295. The van der Waals surface area contributed by atoms with E-state index in [-0.39, 0.29) is 17.9 Å². The summed E-state index contributed by atoms with van der Waals surface area (Å²) in [6.45, 7) is 1.86. The van der Waals surface area contributed by atoms with Gasteiger partial charge in [-0.1, -0.05) is 23.7 Å². The molecule has 4 rings (SSSR count). The van der Waals surface area contributed by atoms with E-state index in [1.54, 1.807) is 35.2 Å². The van der Waals surface area contributed by atoms with Crippen LogP contribution in [0, 0.1) is 0 Å². The Balaban J connectivity index is 1.54. The first kappa shape index (κ1) is 17.1. The van der Waals surface area contributed by atoms with Gasteiger partial charge in [0.15, 0.2) is 0 Å². The second-order valence-electron chi connectivity index (χ2n) is 6.62. The first-order chi connectivity index (χ1) is 12.6. The number of nitrogens with zero attached hydrogens (tertiary/aromatic N) is 1. The smallest absolute Gasteiger partial charge is 0.256 e. The van der Waals surface area contributed by atoms with Crippen molar-refractivity contribution in [1.29, 1.82) is 0 Å². The highest BCUT2D eigenvalue weighted by atomic mass is 35.5. The fraction of sp³-hybridized carbons (Fsp3) is 0.300. The van der Waals surface area contributed by atoms with E-state index in [9.17, 15) is 9.59 Å². The number of nitrogens with one attached hydrogen (secondary N) is 1. The van der Waals surface area contributed by atoms with Gasteiger partial charge in [-0.25, -0.2) is 0 Å². The van der Waals surface area contributed by atoms with Gasteiger partial charge in [0.2, 0.25) is 0 Å². The molecule has 2 amide bonds. The maximum Gasteiger partial charge on any atom is 0.256 e. The lowest BCUT2D eigenvalue weighted by atomic mass is 10.0. The van der Waals surface area contributed by atoms with Crippen molar-refractivity contribution in [2.45, 2.75) is 25.5 Å². The van der Waals surface area contributed by atoms with Crippen LogP contribution >= 0.6 is 11.6 Å². The molecule has 0 radical (unpaired) electrons. The van der Waals surface area contributed by atoms with Crippen molar-refractivity contribution >= 4 is 29.1 Å². The molecule has 5 nitrogen and oxygen atoms in total. The van der Waals surface area contributed by atoms with Crippen LogP contribution < -0.4 is 5.32 Å². The van der Waals surface area contributed by atoms with E-state index in [4.69, 9.17) is 16.3 Å². The van der Waals surface area contributed by atoms with Crippen molar-refractivity contribution in [3.05, 3.63) is 64.2 Å². The number of ether oxygens (including phenoxy) is 1. The van der Waals surface area contributed by atoms with Crippen molar-refractivity contribution in [1.82, 2.24) is 4.90 Å². The average molecular weight is 371 g/mol. The van der Waals surface area contributed by atoms with Crippen LogP contribution in [-0.2, 0) is 11.3 Å². The summed E-state index contributed by atoms with van der Waals surface area (Å²) in [5.41, 5.74) is 2.42. The number of carbonyl (C=O) groups is 2. The SMILES string of the molecule is O=C(Nc1ccc(Cl)cc1)c1cccc2c1C(=O)N(C[C@H]1CCCO1)C2. The molecule has 2 aliphatic heterocycles. The van der Waals surface area contributed by atoms with E-state index in [2.05, 4.69) is 5.32 Å². The van der Waals surface area contributed by atoms with Gasteiger partial charge in [0.1, 0.15) is 0 Å². The van der Waals surface area contributed by atoms with Crippen LogP contribution in [0.2, 0.25) is 5.02 Å². The molecule has 0 spiro atoms. The third kappa shape index (κ3) is 3.32. The molecule has 26 heavy (non-hydrogen) atoms. The number of amides is 2. The van der Waals surface area contributed by atoms with E-state index in [0.717, 1.165) is 25.0 Å². The van der Waals surface area contributed by atoms with E-state index in [1.165, 1.54) is 0 Å². The first-order valence-electron chi connectivity index (χ1n) is 8.71. The highest BCUT2D eigenvalue weighted by molar-refractivity contribution is 6.30. The van der Waals surface area contributed by atoms with Gasteiger partial charge in [0.25, 0.3) is 11.8 Å². The molecule has 1 atom stereocenters. The minimum absolute atomic E-state index is 0.0969. The van der Waals surface area contributed by atoms with E-state index >= 15 is 0 Å². The molecule has 0 bridgehead atoms. The molecule has 2 aromatic rings. The monoisotopic (exact) mass is 370 g/mol. The Hall–Kier alpha value is -2.37. The zero-order valence-electron chi connectivity index (χ0n) is 14.2. The lowest BCUT2D eigenvalue weighted by Crippen LogP contribution is -2.32. The van der Waals surface area contributed by atoms with Crippen molar-refractivity contribution < 1.29 is 14.3 Å². The van der Waals surface area contributed by atoms with Crippen LogP contribution in [0.3, 0.4) is 0 Å². The van der Waals surface area contributed by atoms with Crippen LogP contribution in [-0.4, -0.2) is 36.0 Å². The van der Waals surface area contributed by atoms with Gasteiger partial charge in [0.05, 0.1) is 17.2 Å². The van der Waals surface area contributed by atoms with Crippen molar-refractivity contribution in [2.24, 2.45) is 0 Å². The molecule has 0 saturated carbocycles. The Bertz CT molecular complexity index is 845. The number of anilines is 1. The molecule has 1 fully saturated rings. The summed E-state index contributed by atoms with van der Waals surface area (Å²) >= 11 is 5.87. The zero-order chi connectivity index (χ0) is 18.1. The van der Waals surface area contributed by atoms with Gasteiger partial charge in [-0.3, -0.25) is 9.59 Å². The van der Waals surface area contributed by atoms with Gasteiger partial charge >= 0.3 is 0 Å². The molecule has 6 heteroatoms. The summed E-state index contributed by atoms with van der Waals surface area (Å²) in [5.74, 6) is -0.395. The molecule has 0 aromatic heterocycles. The number of benzene rings is 2. The molecular weight excluding hydrogens is 352 g/mol. The molecule has 134 valence electrons. The summed E-state index contributed by atoms with van der Waals surface area (Å²) < 4.78 is 5.64. The molecular formula is C20H19ClN2O3. The largest absolute Gasteiger partial charge is 0.376 e. The summed E-state index contributed by atoms with van der Waals surface area (Å²) in [5, 5.41) is 3.43. The number of hydrogen-bond acceptors (Lipinski definition) is 3. The van der Waals surface area contributed by atoms with Gasteiger partial charge in [-0.05, 0) is 48.7 Å². The number of rotatable bonds is 4. The third-order valence-corrected chi connectivity index (χ3v) is 5.06. The lowest BCUT2D eigenvalue weighted by molar-refractivity contribution is 0.0544. The van der Waals surface area contributed by atoms with Crippen LogP contribution in [0.1, 0.15) is 39.1 Å². The van der Waals surface area contributed by atoms with Crippen LogP contribution in [0.5, 0.6) is 0 Å². The maximum atomic E-state index is 12.9. The summed E-state index contributed by atoms with van der Waals surface area (Å²) in [6.07, 6.45) is 2.11. The van der Waals surface area contributed by atoms with Gasteiger partial charge in [-0.2, -0.15) is 0 Å². The normalized spacial score (nSPS) is 18.9. The topological polar surface area (TPSA) is 58.6 Å². The predicted molar refractivity (Wildman–Crippen MR) is 99.6 cm³/mol. The second-order valence-corrected chi connectivity index (χ2v) is 7.06. The minimum Gasteiger partial charge on any atom is -0.376 e. The van der Waals surface area contributed by atoms with Gasteiger partial charge < -0.3 is 15.0 Å². The quantitative estimate of drug-likeness (QED) is 0.892. The standard InChI is InChI=1S/C20H19ClN2O3/c21-14-6-8-15(9-7-14)22-19(24)17-5-1-3-13-11-23(20(25)18(13)17)12-16-4-2-10-26-16/h1,3,5-9,16H,2,4,10-12H2,(H,22,24)/t16-/m1/s1. The van der Waals surface area contributed by atoms with E-state index in [0.29, 0.717) is 34.9 Å². The van der Waals surface area contributed by atoms with Crippen molar-refractivity contribution in [3.63, 3.8) is 0 Å². The van der Waals surface area contributed by atoms with E-state index in [1.807, 2.05) is 12.1 Å². The zero-order valence-corrected chi connectivity index (χ0v) is 15.0. The average Bonchev–Trinajstić information content (AvgIpc) is 3.26. The Morgan fingerprint density at radius 3 is 2.77 bits per heavy atom. The highest BCUT2D eigenvalue weighted by Crippen LogP contribution is 2.28. The van der Waals surface area contributed by atoms with Crippen LogP contribution in [0.15, 0.2) is 42.5 Å². The molecule has 0 unspecified atom stereocenters. The number of carbonyl (C=O) groups excluding carboxylic acids is 2. The number of halogens is 1. The Kier molecular flexibility index (Phi) is 4.66. The fourth-order valence-corrected chi connectivity index (χ4v) is 3.65. The Labute approximate surface area is 156 Å². The number of hydrogen-bond donors (Lipinski definition) is 1. The third-order valence-electron chi connectivity index (χ3n) is 4.81. The summed E-state index contributed by atoms with van der Waals surface area (Å²) in [6, 6.07) is 12.3. The molecule has 1 saturated heterocycles. The fourth-order valence-electron chi connectivity index (χ4n) is 3.52. The van der Waals surface area contributed by atoms with E-state index < -0.39 is 0 Å². The number of fused-ring (bicyclic) bond motifs is 1. The van der Waals surface area contributed by atoms with Crippen molar-refractivity contribution in [2.75, 3.05) is 18.5 Å². The van der Waals surface area contributed by atoms with Crippen LogP contribution in [0.25, 0.3) is 0 Å². The molecule has 2 heterocycles. The van der Waals surface area contributed by atoms with Gasteiger partial charge in [-0.15, -0.1) is 0 Å². The molecule has 0 aliphatic carbocycles. The first-order valence-corrected chi connectivity index (χ1v) is 9.09. The van der Waals surface area contributed by atoms with Crippen molar-refractivity contribution in [3.8, 4) is 0 Å². The van der Waals surface area contributed by atoms with Gasteiger partial charge in [0, 0.05) is 30.4 Å². The Morgan fingerprint density at radius 1 is 1.23 bits per heavy atom. The highest BCUT2D eigenvalue weighted by Gasteiger charge is 2.33. The summed E-state index contributed by atoms with van der Waals surface area (Å²) in [7, 11) is 0.